The number of benzene rings is 1. The lowest BCUT2D eigenvalue weighted by Gasteiger charge is -2.25. The summed E-state index contributed by atoms with van der Waals surface area (Å²) in [6.45, 7) is 0.474. The predicted octanol–water partition coefficient (Wildman–Crippen LogP) is 1.88. The molecule has 2 N–H and O–H groups in total. The standard InChI is InChI=1S/C15H16F3N3O2/c16-15(17,18)10-3-1-9(2-4-10)8-21(11-5-6-11)13(22)12-7-19-14(23)20-12/h1-4,11-12H,5-8H2,(H2,19,20,23)/t12-/m1/s1. The lowest BCUT2D eigenvalue weighted by Crippen LogP contribution is -2.46. The van der Waals surface area contributed by atoms with Crippen molar-refractivity contribution in [3.8, 4) is 0 Å². The maximum Gasteiger partial charge on any atom is 0.416 e. The molecule has 2 fully saturated rings. The number of amides is 3. The van der Waals surface area contributed by atoms with Crippen LogP contribution in [0, 0.1) is 0 Å². The predicted molar refractivity (Wildman–Crippen MR) is 75.3 cm³/mol. The maximum absolute atomic E-state index is 12.6. The molecule has 8 heteroatoms. The summed E-state index contributed by atoms with van der Waals surface area (Å²) < 4.78 is 37.7. The Labute approximate surface area is 130 Å². The van der Waals surface area contributed by atoms with E-state index in [1.807, 2.05) is 0 Å². The van der Waals surface area contributed by atoms with Gasteiger partial charge in [0.1, 0.15) is 6.04 Å². The largest absolute Gasteiger partial charge is 0.416 e. The first-order valence-corrected chi connectivity index (χ1v) is 7.35. The van der Waals surface area contributed by atoms with Gasteiger partial charge in [-0.1, -0.05) is 12.1 Å². The minimum atomic E-state index is -4.37. The van der Waals surface area contributed by atoms with Crippen molar-refractivity contribution in [1.82, 2.24) is 15.5 Å². The summed E-state index contributed by atoms with van der Waals surface area (Å²) in [4.78, 5) is 25.3. The van der Waals surface area contributed by atoms with Gasteiger partial charge in [0.2, 0.25) is 5.91 Å². The molecule has 5 nitrogen and oxygen atoms in total. The summed E-state index contributed by atoms with van der Waals surface area (Å²) >= 11 is 0. The molecule has 23 heavy (non-hydrogen) atoms. The van der Waals surface area contributed by atoms with Crippen LogP contribution < -0.4 is 10.6 Å². The molecule has 0 spiro atoms. The summed E-state index contributed by atoms with van der Waals surface area (Å²) in [6, 6.07) is 3.91. The highest BCUT2D eigenvalue weighted by atomic mass is 19.4. The average molecular weight is 327 g/mol. The van der Waals surface area contributed by atoms with Crippen LogP contribution in [0.3, 0.4) is 0 Å². The molecule has 0 bridgehead atoms. The van der Waals surface area contributed by atoms with E-state index >= 15 is 0 Å². The molecule has 1 aromatic carbocycles. The van der Waals surface area contributed by atoms with Crippen molar-refractivity contribution in [2.24, 2.45) is 0 Å². The first kappa shape index (κ1) is 15.6. The van der Waals surface area contributed by atoms with E-state index in [2.05, 4.69) is 10.6 Å². The molecule has 0 aromatic heterocycles. The van der Waals surface area contributed by atoms with Crippen molar-refractivity contribution in [3.05, 3.63) is 35.4 Å². The second-order valence-electron chi connectivity index (χ2n) is 5.80. The summed E-state index contributed by atoms with van der Waals surface area (Å²) in [6.07, 6.45) is -2.62. The molecule has 1 saturated heterocycles. The van der Waals surface area contributed by atoms with Crippen molar-refractivity contribution in [3.63, 3.8) is 0 Å². The van der Waals surface area contributed by atoms with Crippen molar-refractivity contribution < 1.29 is 22.8 Å². The lowest BCUT2D eigenvalue weighted by molar-refractivity contribution is -0.137. The molecule has 1 aliphatic carbocycles. The Kier molecular flexibility index (Phi) is 3.91. The van der Waals surface area contributed by atoms with Crippen LogP contribution >= 0.6 is 0 Å². The summed E-state index contributed by atoms with van der Waals surface area (Å²) in [5.41, 5.74) is -0.0756. The molecule has 1 aromatic rings. The third kappa shape index (κ3) is 3.57. The molecule has 0 radical (unpaired) electrons. The maximum atomic E-state index is 12.6. The van der Waals surface area contributed by atoms with E-state index in [1.54, 1.807) is 4.90 Å². The van der Waals surface area contributed by atoms with Gasteiger partial charge in [-0.25, -0.2) is 4.79 Å². The molecule has 2 aliphatic rings. The first-order chi connectivity index (χ1) is 10.8. The minimum absolute atomic E-state index is 0.0993. The Balaban J connectivity index is 1.70. The van der Waals surface area contributed by atoms with Crippen LogP contribution in [0.25, 0.3) is 0 Å². The van der Waals surface area contributed by atoms with Gasteiger partial charge in [-0.2, -0.15) is 13.2 Å². The van der Waals surface area contributed by atoms with Crippen LogP contribution in [0.1, 0.15) is 24.0 Å². The third-order valence-corrected chi connectivity index (χ3v) is 3.98. The van der Waals surface area contributed by atoms with Gasteiger partial charge in [0.25, 0.3) is 0 Å². The number of halogens is 3. The van der Waals surface area contributed by atoms with Gasteiger partial charge in [-0.3, -0.25) is 4.79 Å². The lowest BCUT2D eigenvalue weighted by atomic mass is 10.1. The average Bonchev–Trinajstić information content (AvgIpc) is 3.25. The van der Waals surface area contributed by atoms with Crippen LogP contribution in [0.15, 0.2) is 24.3 Å². The van der Waals surface area contributed by atoms with Crippen LogP contribution in [0.5, 0.6) is 0 Å². The summed E-state index contributed by atoms with van der Waals surface area (Å²) in [5.74, 6) is -0.203. The normalized spacial score (nSPS) is 20.8. The summed E-state index contributed by atoms with van der Waals surface area (Å²) in [7, 11) is 0. The van der Waals surface area contributed by atoms with Gasteiger partial charge >= 0.3 is 12.2 Å². The summed E-state index contributed by atoms with van der Waals surface area (Å²) in [5, 5.41) is 5.07. The molecular formula is C15H16F3N3O2. The Bertz CT molecular complexity index is 611. The zero-order valence-electron chi connectivity index (χ0n) is 12.2. The molecule has 1 heterocycles. The number of carbonyl (C=O) groups is 2. The number of nitrogens with one attached hydrogen (secondary N) is 2. The fraction of sp³-hybridized carbons (Fsp3) is 0.467. The van der Waals surface area contributed by atoms with Crippen molar-refractivity contribution in [1.29, 1.82) is 0 Å². The van der Waals surface area contributed by atoms with Crippen molar-refractivity contribution >= 4 is 11.9 Å². The van der Waals surface area contributed by atoms with Gasteiger partial charge in [0.15, 0.2) is 0 Å². The van der Waals surface area contributed by atoms with Gasteiger partial charge in [0, 0.05) is 19.1 Å². The van der Waals surface area contributed by atoms with Crippen LogP contribution in [-0.2, 0) is 17.5 Å². The number of rotatable bonds is 4. The van der Waals surface area contributed by atoms with Crippen LogP contribution in [0.2, 0.25) is 0 Å². The van der Waals surface area contributed by atoms with Crippen molar-refractivity contribution in [2.75, 3.05) is 6.54 Å². The van der Waals surface area contributed by atoms with Gasteiger partial charge < -0.3 is 15.5 Å². The Morgan fingerprint density at radius 2 is 1.87 bits per heavy atom. The first-order valence-electron chi connectivity index (χ1n) is 7.35. The molecular weight excluding hydrogens is 311 g/mol. The van der Waals surface area contributed by atoms with E-state index < -0.39 is 17.8 Å². The van der Waals surface area contributed by atoms with E-state index in [-0.39, 0.29) is 31.1 Å². The molecule has 1 atom stereocenters. The Morgan fingerprint density at radius 3 is 2.35 bits per heavy atom. The number of urea groups is 1. The second-order valence-corrected chi connectivity index (χ2v) is 5.80. The van der Waals surface area contributed by atoms with Crippen molar-refractivity contribution in [2.45, 2.75) is 37.6 Å². The topological polar surface area (TPSA) is 61.4 Å². The van der Waals surface area contributed by atoms with Gasteiger partial charge in [-0.05, 0) is 30.5 Å². The van der Waals surface area contributed by atoms with Crippen LogP contribution in [-0.4, -0.2) is 35.5 Å². The highest BCUT2D eigenvalue weighted by Gasteiger charge is 2.38. The quantitative estimate of drug-likeness (QED) is 0.887. The van der Waals surface area contributed by atoms with Gasteiger partial charge in [-0.15, -0.1) is 0 Å². The van der Waals surface area contributed by atoms with E-state index in [0.29, 0.717) is 5.56 Å². The zero-order chi connectivity index (χ0) is 16.6. The van der Waals surface area contributed by atoms with Gasteiger partial charge in [0.05, 0.1) is 5.56 Å². The molecule has 1 aliphatic heterocycles. The van der Waals surface area contributed by atoms with E-state index in [9.17, 15) is 22.8 Å². The molecule has 124 valence electrons. The number of carbonyl (C=O) groups excluding carboxylic acids is 2. The van der Waals surface area contributed by atoms with E-state index in [1.165, 1.54) is 12.1 Å². The smallest absolute Gasteiger partial charge is 0.336 e. The molecule has 1 saturated carbocycles. The number of nitrogens with zero attached hydrogens (tertiary/aromatic N) is 1. The fourth-order valence-corrected chi connectivity index (χ4v) is 2.57. The highest BCUT2D eigenvalue weighted by Crippen LogP contribution is 2.31. The Hall–Kier alpha value is -2.25. The highest BCUT2D eigenvalue weighted by molar-refractivity contribution is 5.90. The SMILES string of the molecule is O=C1NC[C@H](C(=O)N(Cc2ccc(C(F)(F)F)cc2)C2CC2)N1. The second kappa shape index (κ2) is 5.75. The number of alkyl halides is 3. The number of hydrogen-bond donors (Lipinski definition) is 2. The monoisotopic (exact) mass is 327 g/mol. The molecule has 3 amide bonds. The molecule has 0 unspecified atom stereocenters. The van der Waals surface area contributed by atoms with E-state index in [4.69, 9.17) is 0 Å². The number of hydrogen-bond acceptors (Lipinski definition) is 2. The zero-order valence-corrected chi connectivity index (χ0v) is 12.2. The molecule has 3 rings (SSSR count). The minimum Gasteiger partial charge on any atom is -0.336 e. The van der Waals surface area contributed by atoms with E-state index in [0.717, 1.165) is 25.0 Å². The van der Waals surface area contributed by atoms with Crippen LogP contribution in [0.4, 0.5) is 18.0 Å². The Morgan fingerprint density at radius 1 is 1.22 bits per heavy atom. The fourth-order valence-electron chi connectivity index (χ4n) is 2.57. The third-order valence-electron chi connectivity index (χ3n) is 3.98.